The number of thioether (sulfide) groups is 1. The Kier molecular flexibility index (Phi) is 5.76. The third-order valence-electron chi connectivity index (χ3n) is 7.03. The Morgan fingerprint density at radius 1 is 1.18 bits per heavy atom. The van der Waals surface area contributed by atoms with Gasteiger partial charge in [-0.05, 0) is 56.1 Å². The molecular weight excluding hydrogens is 415 g/mol. The number of hydrogen-bond acceptors (Lipinski definition) is 4. The molecule has 0 aliphatic heterocycles. The van der Waals surface area contributed by atoms with Gasteiger partial charge in [0, 0.05) is 21.1 Å². The van der Waals surface area contributed by atoms with E-state index >= 15 is 0 Å². The van der Waals surface area contributed by atoms with Gasteiger partial charge in [-0.1, -0.05) is 43.0 Å². The highest BCUT2D eigenvalue weighted by Crippen LogP contribution is 2.53. The molecule has 152 valence electrons. The zero-order valence-electron chi connectivity index (χ0n) is 16.4. The summed E-state index contributed by atoms with van der Waals surface area (Å²) >= 11 is 14.9. The summed E-state index contributed by atoms with van der Waals surface area (Å²) in [6.07, 6.45) is 8.02. The van der Waals surface area contributed by atoms with Crippen LogP contribution in [-0.2, 0) is 16.0 Å². The lowest BCUT2D eigenvalue weighted by atomic mass is 9.73. The van der Waals surface area contributed by atoms with Crippen LogP contribution in [0.15, 0.2) is 11.0 Å². The number of benzene rings is 1. The van der Waals surface area contributed by atoms with E-state index in [1.165, 1.54) is 20.0 Å². The third-order valence-corrected chi connectivity index (χ3v) is 9.34. The Morgan fingerprint density at radius 3 is 2.57 bits per heavy atom. The first-order chi connectivity index (χ1) is 13.3. The van der Waals surface area contributed by atoms with Crippen molar-refractivity contribution in [3.8, 4) is 0 Å². The molecule has 0 heterocycles. The van der Waals surface area contributed by atoms with E-state index in [-0.39, 0.29) is 23.1 Å². The largest absolute Gasteiger partial charge is 0.469 e. The first-order valence-corrected chi connectivity index (χ1v) is 11.8. The van der Waals surface area contributed by atoms with Crippen molar-refractivity contribution in [3.05, 3.63) is 27.2 Å². The molecule has 0 bridgehead atoms. The molecule has 28 heavy (non-hydrogen) atoms. The van der Waals surface area contributed by atoms with E-state index in [9.17, 15) is 9.59 Å². The number of rotatable bonds is 4. The number of fused-ring (bicyclic) bond motifs is 1. The van der Waals surface area contributed by atoms with E-state index < -0.39 is 0 Å². The fourth-order valence-electron chi connectivity index (χ4n) is 5.38. The van der Waals surface area contributed by atoms with E-state index in [1.54, 1.807) is 11.8 Å². The molecule has 0 aromatic heterocycles. The van der Waals surface area contributed by atoms with Crippen molar-refractivity contribution in [1.29, 1.82) is 0 Å². The van der Waals surface area contributed by atoms with Crippen molar-refractivity contribution in [1.82, 2.24) is 0 Å². The number of methoxy groups -OCH3 is 1. The molecule has 1 aromatic rings. The normalized spacial score (nSPS) is 30.1. The number of hydrogen-bond donors (Lipinski definition) is 0. The van der Waals surface area contributed by atoms with Gasteiger partial charge in [0.2, 0.25) is 0 Å². The second kappa shape index (κ2) is 7.85. The van der Waals surface area contributed by atoms with Crippen molar-refractivity contribution >= 4 is 46.7 Å². The number of Topliss-reactive ketones (excluding diaryl/α,β-unsaturated/α-hetero) is 1. The van der Waals surface area contributed by atoms with Gasteiger partial charge in [0.05, 0.1) is 23.1 Å². The van der Waals surface area contributed by atoms with E-state index in [4.69, 9.17) is 27.9 Å². The molecule has 1 aromatic carbocycles. The lowest BCUT2D eigenvalue weighted by Crippen LogP contribution is -2.32. The highest BCUT2D eigenvalue weighted by molar-refractivity contribution is 8.00. The fraction of sp³-hybridized carbons (Fsp3) is 0.636. The van der Waals surface area contributed by atoms with E-state index in [2.05, 4.69) is 13.0 Å². The Labute approximate surface area is 180 Å². The Bertz CT molecular complexity index is 818. The van der Waals surface area contributed by atoms with Crippen LogP contribution in [0.4, 0.5) is 0 Å². The van der Waals surface area contributed by atoms with Gasteiger partial charge in [-0.3, -0.25) is 9.59 Å². The third kappa shape index (κ3) is 3.40. The molecule has 3 atom stereocenters. The lowest BCUT2D eigenvalue weighted by molar-refractivity contribution is -0.145. The van der Waals surface area contributed by atoms with Gasteiger partial charge in [-0.15, -0.1) is 11.8 Å². The summed E-state index contributed by atoms with van der Waals surface area (Å²) in [5.41, 5.74) is 1.33. The van der Waals surface area contributed by atoms with Crippen molar-refractivity contribution in [2.24, 2.45) is 17.3 Å². The SMILES string of the molecule is COC(=O)[C@H]1CC[C@H](Sc2cc3c(c(Cl)c2Cl)C(=O)C(C)(C2CCCC2)C3)C1. The van der Waals surface area contributed by atoms with Gasteiger partial charge < -0.3 is 4.74 Å². The van der Waals surface area contributed by atoms with Crippen LogP contribution in [0.1, 0.15) is 67.8 Å². The van der Waals surface area contributed by atoms with Crippen LogP contribution >= 0.6 is 35.0 Å². The second-order valence-corrected chi connectivity index (χ2v) is 10.8. The number of esters is 1. The first-order valence-electron chi connectivity index (χ1n) is 10.1. The predicted octanol–water partition coefficient (Wildman–Crippen LogP) is 6.36. The van der Waals surface area contributed by atoms with Crippen LogP contribution in [0.2, 0.25) is 10.0 Å². The molecule has 2 saturated carbocycles. The maximum absolute atomic E-state index is 13.3. The minimum atomic E-state index is -0.349. The lowest BCUT2D eigenvalue weighted by Gasteiger charge is -2.29. The molecule has 4 rings (SSSR count). The van der Waals surface area contributed by atoms with Crippen molar-refractivity contribution in [2.75, 3.05) is 7.11 Å². The van der Waals surface area contributed by atoms with Gasteiger partial charge in [-0.2, -0.15) is 0 Å². The Hall–Kier alpha value is -0.710. The molecule has 0 amide bonds. The average Bonchev–Trinajstić information content (AvgIpc) is 3.40. The van der Waals surface area contributed by atoms with Crippen LogP contribution in [0.5, 0.6) is 0 Å². The summed E-state index contributed by atoms with van der Waals surface area (Å²) in [7, 11) is 1.44. The van der Waals surface area contributed by atoms with Crippen molar-refractivity contribution in [3.63, 3.8) is 0 Å². The fourth-order valence-corrected chi connectivity index (χ4v) is 7.39. The summed E-state index contributed by atoms with van der Waals surface area (Å²) in [4.78, 5) is 26.0. The number of carbonyl (C=O) groups excluding carboxylic acids is 2. The monoisotopic (exact) mass is 440 g/mol. The molecule has 0 saturated heterocycles. The molecule has 0 radical (unpaired) electrons. The molecule has 0 spiro atoms. The molecule has 1 unspecified atom stereocenters. The summed E-state index contributed by atoms with van der Waals surface area (Å²) in [5.74, 6) is 0.455. The topological polar surface area (TPSA) is 43.4 Å². The summed E-state index contributed by atoms with van der Waals surface area (Å²) in [6.45, 7) is 2.11. The summed E-state index contributed by atoms with van der Waals surface area (Å²) in [6, 6.07) is 2.08. The highest BCUT2D eigenvalue weighted by atomic mass is 35.5. The molecule has 3 nitrogen and oxygen atoms in total. The predicted molar refractivity (Wildman–Crippen MR) is 114 cm³/mol. The number of ether oxygens (including phenoxy) is 1. The van der Waals surface area contributed by atoms with Crippen LogP contribution in [0.3, 0.4) is 0 Å². The molecule has 2 fully saturated rings. The number of carbonyl (C=O) groups is 2. The zero-order valence-corrected chi connectivity index (χ0v) is 18.7. The van der Waals surface area contributed by atoms with Crippen LogP contribution in [-0.4, -0.2) is 24.1 Å². The summed E-state index contributed by atoms with van der Waals surface area (Å²) in [5, 5.41) is 1.21. The Morgan fingerprint density at radius 2 is 1.89 bits per heavy atom. The molecule has 0 N–H and O–H groups in total. The average molecular weight is 441 g/mol. The maximum Gasteiger partial charge on any atom is 0.308 e. The molecule has 3 aliphatic rings. The van der Waals surface area contributed by atoms with Crippen LogP contribution < -0.4 is 0 Å². The first kappa shape index (κ1) is 20.6. The van der Waals surface area contributed by atoms with Crippen LogP contribution in [0, 0.1) is 17.3 Å². The van der Waals surface area contributed by atoms with E-state index in [1.807, 2.05) is 0 Å². The van der Waals surface area contributed by atoms with Gasteiger partial charge in [-0.25, -0.2) is 0 Å². The van der Waals surface area contributed by atoms with Gasteiger partial charge in [0.15, 0.2) is 5.78 Å². The highest BCUT2D eigenvalue weighted by Gasteiger charge is 2.49. The van der Waals surface area contributed by atoms with Crippen molar-refractivity contribution in [2.45, 2.75) is 68.4 Å². The minimum Gasteiger partial charge on any atom is -0.469 e. The van der Waals surface area contributed by atoms with E-state index in [0.29, 0.717) is 26.8 Å². The molecule has 6 heteroatoms. The second-order valence-electron chi connectivity index (χ2n) is 8.71. The van der Waals surface area contributed by atoms with Gasteiger partial charge >= 0.3 is 5.97 Å². The maximum atomic E-state index is 13.3. The Balaban J connectivity index is 1.58. The number of ketones is 1. The molecule has 3 aliphatic carbocycles. The number of halogens is 2. The smallest absolute Gasteiger partial charge is 0.308 e. The molecular formula is C22H26Cl2O3S. The van der Waals surface area contributed by atoms with Crippen LogP contribution in [0.25, 0.3) is 0 Å². The van der Waals surface area contributed by atoms with Gasteiger partial charge in [0.25, 0.3) is 0 Å². The quantitative estimate of drug-likeness (QED) is 0.510. The van der Waals surface area contributed by atoms with E-state index in [0.717, 1.165) is 49.0 Å². The van der Waals surface area contributed by atoms with Gasteiger partial charge in [0.1, 0.15) is 0 Å². The standard InChI is InChI=1S/C22H26Cl2O3S/c1-22(14-5-3-4-6-14)11-13-10-16(18(23)19(24)17(13)20(22)25)28-15-8-7-12(9-15)21(26)27-2/h10,12,14-15H,3-9,11H2,1-2H3/t12-,15-,22?/m0/s1. The zero-order chi connectivity index (χ0) is 20.1. The minimum absolute atomic E-state index is 0.0292. The van der Waals surface area contributed by atoms with Crippen molar-refractivity contribution < 1.29 is 14.3 Å². The summed E-state index contributed by atoms with van der Waals surface area (Å²) < 4.78 is 4.89.